The number of pyridine rings is 3. The van der Waals surface area contributed by atoms with E-state index >= 15 is 0 Å². The van der Waals surface area contributed by atoms with Gasteiger partial charge in [0.2, 0.25) is 5.71 Å². The third-order valence-corrected chi connectivity index (χ3v) is 10.7. The predicted molar refractivity (Wildman–Crippen MR) is 198 cm³/mol. The number of furan rings is 1. The van der Waals surface area contributed by atoms with Gasteiger partial charge in [0.05, 0.1) is 19.4 Å². The van der Waals surface area contributed by atoms with E-state index in [0.29, 0.717) is 5.71 Å². The number of hydrogen-bond acceptors (Lipinski definition) is 4. The van der Waals surface area contributed by atoms with Gasteiger partial charge < -0.3 is 14.4 Å². The van der Waals surface area contributed by atoms with Crippen molar-refractivity contribution in [3.05, 3.63) is 144 Å². The summed E-state index contributed by atoms with van der Waals surface area (Å²) in [6, 6.07) is 41.0. The van der Waals surface area contributed by atoms with Gasteiger partial charge in [0.15, 0.2) is 0 Å². The fourth-order valence-electron chi connectivity index (χ4n) is 5.59. The molecule has 0 spiro atoms. The molecule has 0 N–H and O–H groups in total. The molecule has 4 nitrogen and oxygen atoms in total. The van der Waals surface area contributed by atoms with E-state index in [1.54, 1.807) is 6.20 Å². The molecule has 0 fully saturated rings. The Morgan fingerprint density at radius 1 is 0.792 bits per heavy atom. The second kappa shape index (κ2) is 14.5. The van der Waals surface area contributed by atoms with Gasteiger partial charge in [-0.3, -0.25) is 0 Å². The summed E-state index contributed by atoms with van der Waals surface area (Å²) < 4.78 is 14.7. The second-order valence-electron chi connectivity index (χ2n) is 13.6. The summed E-state index contributed by atoms with van der Waals surface area (Å²) in [5.41, 5.74) is 7.73. The number of benzene rings is 3. The maximum Gasteiger partial charge on any atom is 0.216 e. The molecule has 0 bridgehead atoms. The smallest absolute Gasteiger partial charge is 0.216 e. The summed E-state index contributed by atoms with van der Waals surface area (Å²) in [6.07, 6.45) is 3.76. The van der Waals surface area contributed by atoms with Gasteiger partial charge >= 0.3 is 0 Å². The summed E-state index contributed by atoms with van der Waals surface area (Å²) in [5.74, 6) is -0.709. The minimum absolute atomic E-state index is 0. The molecule has 48 heavy (non-hydrogen) atoms. The van der Waals surface area contributed by atoms with Crippen LogP contribution < -0.4 is 5.19 Å². The van der Waals surface area contributed by atoms with Crippen LogP contribution in [0.1, 0.15) is 51.8 Å². The topological polar surface area (TPSA) is 51.8 Å². The normalized spacial score (nSPS) is 12.2. The van der Waals surface area contributed by atoms with E-state index in [0.717, 1.165) is 50.1 Å². The van der Waals surface area contributed by atoms with E-state index in [4.69, 9.17) is 10.8 Å². The third-order valence-electron chi connectivity index (χ3n) is 8.64. The Labute approximate surface area is 300 Å². The molecule has 1 radical (unpaired) electrons. The van der Waals surface area contributed by atoms with Crippen molar-refractivity contribution in [1.29, 1.82) is 0 Å². The summed E-state index contributed by atoms with van der Waals surface area (Å²) >= 11 is 0. The van der Waals surface area contributed by atoms with Crippen LogP contribution in [0.25, 0.3) is 44.6 Å². The number of fused-ring (bicyclic) bond motifs is 3. The van der Waals surface area contributed by atoms with Crippen LogP contribution in [0.2, 0.25) is 19.6 Å². The molecular weight excluding hydrogens is 783 g/mol. The Hall–Kier alpha value is -4.22. The maximum absolute atomic E-state index is 8.36. The molecule has 0 amide bonds. The first kappa shape index (κ1) is 33.7. The van der Waals surface area contributed by atoms with Gasteiger partial charge in [-0.25, -0.2) is 4.98 Å². The number of hydrogen-bond donors (Lipinski definition) is 0. The molecule has 4 heterocycles. The summed E-state index contributed by atoms with van der Waals surface area (Å²) in [7, 11) is -1.23. The minimum atomic E-state index is -1.23. The zero-order valence-electron chi connectivity index (χ0n) is 29.6. The van der Waals surface area contributed by atoms with Crippen LogP contribution in [0.4, 0.5) is 0 Å². The zero-order chi connectivity index (χ0) is 34.1. The van der Waals surface area contributed by atoms with Crippen LogP contribution in [-0.4, -0.2) is 23.0 Å². The molecule has 0 saturated heterocycles. The van der Waals surface area contributed by atoms with Crippen molar-refractivity contribution in [3.8, 4) is 22.5 Å². The molecule has 0 aliphatic rings. The van der Waals surface area contributed by atoms with Crippen molar-refractivity contribution < 1.29 is 25.9 Å². The fraction of sp³-hybridized carbons (Fsp3) is 0.214. The van der Waals surface area contributed by atoms with Crippen LogP contribution in [0.15, 0.2) is 120 Å². The molecule has 0 unspecified atom stereocenters. The first-order chi connectivity index (χ1) is 22.8. The van der Waals surface area contributed by atoms with Gasteiger partial charge in [0, 0.05) is 44.7 Å². The van der Waals surface area contributed by atoms with Crippen LogP contribution in [0.5, 0.6) is 0 Å². The number of aromatic nitrogens is 3. The second-order valence-corrected chi connectivity index (χ2v) is 18.7. The van der Waals surface area contributed by atoms with E-state index in [1.807, 2.05) is 74.6 Å². The van der Waals surface area contributed by atoms with E-state index < -0.39 is 14.0 Å². The Kier molecular flexibility index (Phi) is 10.2. The van der Waals surface area contributed by atoms with Gasteiger partial charge in [0.1, 0.15) is 0 Å². The monoisotopic (exact) mass is 825 g/mol. The molecule has 7 rings (SSSR count). The molecule has 0 saturated carbocycles. The molecule has 3 aromatic carbocycles. The van der Waals surface area contributed by atoms with E-state index in [2.05, 4.69) is 104 Å². The van der Waals surface area contributed by atoms with E-state index in [1.165, 1.54) is 10.8 Å². The average Bonchev–Trinajstić information content (AvgIpc) is 3.47. The van der Waals surface area contributed by atoms with Crippen LogP contribution in [-0.2, 0) is 25.5 Å². The van der Waals surface area contributed by atoms with Crippen molar-refractivity contribution in [2.75, 3.05) is 0 Å². The molecule has 6 heteroatoms. The van der Waals surface area contributed by atoms with Gasteiger partial charge in [-0.1, -0.05) is 112 Å². The van der Waals surface area contributed by atoms with Gasteiger partial charge in [-0.2, -0.15) is 0 Å². The van der Waals surface area contributed by atoms with Crippen LogP contribution in [0.3, 0.4) is 0 Å². The SMILES string of the molecule is C[Si](C)(C)c1ccc(-c2[c-]cccc2)nc1.[2H]C(C)(C)c1ccnc(-c2[c-]ccc3c2oc2nc(C(C)(C)c4ccccc4)ccc23)c1.[Ir]. The van der Waals surface area contributed by atoms with Gasteiger partial charge in [0.25, 0.3) is 0 Å². The molecular formula is C42H41IrN3OSi-2. The van der Waals surface area contributed by atoms with Gasteiger partial charge in [-0.15, -0.1) is 54.1 Å². The summed E-state index contributed by atoms with van der Waals surface area (Å²) in [5, 5.41) is 3.36. The predicted octanol–water partition coefficient (Wildman–Crippen LogP) is 10.4. The average molecular weight is 825 g/mol. The van der Waals surface area contributed by atoms with E-state index in [9.17, 15) is 0 Å². The number of rotatable bonds is 6. The molecule has 7 aromatic rings. The summed E-state index contributed by atoms with van der Waals surface area (Å²) in [6.45, 7) is 15.1. The van der Waals surface area contributed by atoms with Crippen molar-refractivity contribution in [2.45, 2.75) is 58.6 Å². The van der Waals surface area contributed by atoms with Crippen molar-refractivity contribution in [1.82, 2.24) is 15.0 Å². The Bertz CT molecular complexity index is 2170. The van der Waals surface area contributed by atoms with Crippen molar-refractivity contribution in [2.24, 2.45) is 0 Å². The maximum atomic E-state index is 8.36. The first-order valence-corrected chi connectivity index (χ1v) is 19.5. The zero-order valence-corrected chi connectivity index (χ0v) is 31.9. The fourth-order valence-corrected chi connectivity index (χ4v) is 6.63. The van der Waals surface area contributed by atoms with Gasteiger partial charge in [-0.05, 0) is 46.2 Å². The Balaban J connectivity index is 0.000000233. The Morgan fingerprint density at radius 3 is 2.23 bits per heavy atom. The molecule has 0 aliphatic heterocycles. The van der Waals surface area contributed by atoms with Crippen molar-refractivity contribution >= 4 is 35.3 Å². The van der Waals surface area contributed by atoms with Crippen molar-refractivity contribution in [3.63, 3.8) is 0 Å². The Morgan fingerprint density at radius 2 is 1.56 bits per heavy atom. The molecule has 4 aromatic heterocycles. The van der Waals surface area contributed by atoms with E-state index in [-0.39, 0.29) is 25.5 Å². The quantitative estimate of drug-likeness (QED) is 0.124. The molecule has 0 aliphatic carbocycles. The van der Waals surface area contributed by atoms with Crippen LogP contribution in [0, 0.1) is 12.1 Å². The van der Waals surface area contributed by atoms with Crippen LogP contribution >= 0.6 is 0 Å². The summed E-state index contributed by atoms with van der Waals surface area (Å²) in [4.78, 5) is 14.0. The molecule has 245 valence electrons. The number of nitrogens with zero attached hydrogens (tertiary/aromatic N) is 3. The first-order valence-electron chi connectivity index (χ1n) is 16.5. The largest absolute Gasteiger partial charge is 0.486 e. The standard InChI is InChI=1S/C28H25N2O.C14H16NSi.Ir/c1-18(2)19-15-16-29-24(17-19)23-12-8-11-21-22-13-14-25(30-27(22)31-26(21)23)28(3,4)20-9-6-5-7-10-20;1-16(2,3)13-9-10-14(15-11-13)12-7-5-4-6-8-12;/h5-11,13-18H,1-4H3;4-7,9-11H,1-3H3;/q2*-1;/i18D;;. The minimum Gasteiger partial charge on any atom is -0.486 e. The molecule has 0 atom stereocenters. The third kappa shape index (κ3) is 7.42.